The van der Waals surface area contributed by atoms with Gasteiger partial charge in [0.2, 0.25) is 6.79 Å². The molecule has 166 valence electrons. The molecule has 0 spiro atoms. The van der Waals surface area contributed by atoms with E-state index in [2.05, 4.69) is 26.5 Å². The summed E-state index contributed by atoms with van der Waals surface area (Å²) in [6, 6.07) is 12.0. The predicted octanol–water partition coefficient (Wildman–Crippen LogP) is 4.13. The van der Waals surface area contributed by atoms with Crippen LogP contribution in [-0.4, -0.2) is 33.1 Å². The van der Waals surface area contributed by atoms with E-state index < -0.39 is 5.91 Å². The third-order valence-electron chi connectivity index (χ3n) is 4.51. The van der Waals surface area contributed by atoms with Gasteiger partial charge in [0.1, 0.15) is 29.6 Å². The molecule has 2 aromatic carbocycles. The summed E-state index contributed by atoms with van der Waals surface area (Å²) in [4.78, 5) is 12.4. The number of rotatable bonds is 8. The van der Waals surface area contributed by atoms with Gasteiger partial charge in [-0.3, -0.25) is 4.79 Å². The van der Waals surface area contributed by atoms with Crippen molar-refractivity contribution >= 4 is 28.1 Å². The Hall–Kier alpha value is -3.66. The SMILES string of the molecule is COc1ccc(OC)c(/C=N\NC(=O)c2ccc(COc3ccc4c(c3)OCO4)o2)c1Br. The summed E-state index contributed by atoms with van der Waals surface area (Å²) in [6.07, 6.45) is 1.45. The molecule has 9 nitrogen and oxygen atoms in total. The quantitative estimate of drug-likeness (QED) is 0.365. The standard InChI is InChI=1S/C22H19BrN2O7/c1-27-16-7-8-18(28-2)21(23)15(16)10-24-25-22(26)19-6-4-14(32-19)11-29-13-3-5-17-20(9-13)31-12-30-17/h3-10H,11-12H2,1-2H3,(H,25,26)/b24-10-. The van der Waals surface area contributed by atoms with Gasteiger partial charge >= 0.3 is 5.91 Å². The van der Waals surface area contributed by atoms with Crippen LogP contribution in [0.4, 0.5) is 0 Å². The molecule has 0 atom stereocenters. The average Bonchev–Trinajstić information content (AvgIpc) is 3.47. The molecule has 0 radical (unpaired) electrons. The number of halogens is 1. The second-order valence-electron chi connectivity index (χ2n) is 6.47. The Morgan fingerprint density at radius 2 is 1.88 bits per heavy atom. The molecule has 10 heteroatoms. The van der Waals surface area contributed by atoms with Gasteiger partial charge in [-0.2, -0.15) is 5.10 Å². The molecule has 0 unspecified atom stereocenters. The smallest absolute Gasteiger partial charge is 0.307 e. The van der Waals surface area contributed by atoms with Gasteiger partial charge < -0.3 is 28.1 Å². The maximum Gasteiger partial charge on any atom is 0.307 e. The summed E-state index contributed by atoms with van der Waals surface area (Å²) in [7, 11) is 3.10. The van der Waals surface area contributed by atoms with Gasteiger partial charge in [0, 0.05) is 6.07 Å². The van der Waals surface area contributed by atoms with Crippen LogP contribution < -0.4 is 29.1 Å². The fourth-order valence-electron chi connectivity index (χ4n) is 2.92. The minimum absolute atomic E-state index is 0.100. The molecule has 2 heterocycles. The number of ether oxygens (including phenoxy) is 5. The number of fused-ring (bicyclic) bond motifs is 1. The van der Waals surface area contributed by atoms with Crippen molar-refractivity contribution in [3.8, 4) is 28.7 Å². The average molecular weight is 503 g/mol. The van der Waals surface area contributed by atoms with Crippen molar-refractivity contribution in [2.45, 2.75) is 6.61 Å². The molecule has 0 fully saturated rings. The Kier molecular flexibility index (Phi) is 6.50. The van der Waals surface area contributed by atoms with Crippen LogP contribution in [0.25, 0.3) is 0 Å². The van der Waals surface area contributed by atoms with Gasteiger partial charge in [0.15, 0.2) is 17.3 Å². The van der Waals surface area contributed by atoms with Crippen molar-refractivity contribution in [1.82, 2.24) is 5.43 Å². The first kappa shape index (κ1) is 21.6. The first-order valence-corrected chi connectivity index (χ1v) is 10.2. The number of carbonyl (C=O) groups is 1. The molecule has 0 bridgehead atoms. The second kappa shape index (κ2) is 9.65. The van der Waals surface area contributed by atoms with Gasteiger partial charge in [0.25, 0.3) is 0 Å². The van der Waals surface area contributed by atoms with Gasteiger partial charge in [0.05, 0.1) is 30.5 Å². The number of furan rings is 1. The number of benzene rings is 2. The fraction of sp³-hybridized carbons (Fsp3) is 0.182. The topological polar surface area (TPSA) is 101 Å². The molecule has 4 rings (SSSR count). The Bertz CT molecular complexity index is 1160. The first-order valence-electron chi connectivity index (χ1n) is 9.44. The van der Waals surface area contributed by atoms with Crippen molar-refractivity contribution in [1.29, 1.82) is 0 Å². The first-order chi connectivity index (χ1) is 15.6. The highest BCUT2D eigenvalue weighted by molar-refractivity contribution is 9.10. The zero-order valence-corrected chi connectivity index (χ0v) is 18.8. The second-order valence-corrected chi connectivity index (χ2v) is 7.26. The molecule has 0 saturated carbocycles. The lowest BCUT2D eigenvalue weighted by Gasteiger charge is -2.10. The number of nitrogens with one attached hydrogen (secondary N) is 1. The highest BCUT2D eigenvalue weighted by atomic mass is 79.9. The molecular formula is C22H19BrN2O7. The van der Waals surface area contributed by atoms with Crippen LogP contribution >= 0.6 is 15.9 Å². The molecule has 1 aliphatic rings. The summed E-state index contributed by atoms with van der Waals surface area (Å²) in [5.41, 5.74) is 3.04. The number of hydrogen-bond donors (Lipinski definition) is 1. The van der Waals surface area contributed by atoms with Crippen molar-refractivity contribution in [2.24, 2.45) is 5.10 Å². The zero-order valence-electron chi connectivity index (χ0n) is 17.2. The third-order valence-corrected chi connectivity index (χ3v) is 5.33. The van der Waals surface area contributed by atoms with E-state index in [-0.39, 0.29) is 19.2 Å². The van der Waals surface area contributed by atoms with Crippen LogP contribution in [-0.2, 0) is 6.61 Å². The summed E-state index contributed by atoms with van der Waals surface area (Å²) >= 11 is 3.45. The zero-order chi connectivity index (χ0) is 22.5. The van der Waals surface area contributed by atoms with Crippen molar-refractivity contribution in [2.75, 3.05) is 21.0 Å². The predicted molar refractivity (Wildman–Crippen MR) is 118 cm³/mol. The molecule has 1 aliphatic heterocycles. The minimum Gasteiger partial charge on any atom is -0.496 e. The Morgan fingerprint density at radius 3 is 2.69 bits per heavy atom. The van der Waals surface area contributed by atoms with Crippen LogP contribution in [0.2, 0.25) is 0 Å². The fourth-order valence-corrected chi connectivity index (χ4v) is 3.51. The van der Waals surface area contributed by atoms with Crippen LogP contribution in [0.3, 0.4) is 0 Å². The maximum atomic E-state index is 12.4. The van der Waals surface area contributed by atoms with Gasteiger partial charge in [-0.1, -0.05) is 0 Å². The summed E-state index contributed by atoms with van der Waals surface area (Å²) in [5.74, 6) is 3.14. The van der Waals surface area contributed by atoms with Crippen LogP contribution in [0.15, 0.2) is 56.5 Å². The van der Waals surface area contributed by atoms with Crippen LogP contribution in [0.1, 0.15) is 21.9 Å². The van der Waals surface area contributed by atoms with E-state index in [1.165, 1.54) is 6.21 Å². The number of carbonyl (C=O) groups excluding carboxylic acids is 1. The van der Waals surface area contributed by atoms with Crippen molar-refractivity contribution < 1.29 is 32.9 Å². The number of hydrazone groups is 1. The highest BCUT2D eigenvalue weighted by Crippen LogP contribution is 2.35. The van der Waals surface area contributed by atoms with Crippen molar-refractivity contribution in [3.63, 3.8) is 0 Å². The van der Waals surface area contributed by atoms with Crippen LogP contribution in [0.5, 0.6) is 28.7 Å². The number of methoxy groups -OCH3 is 2. The van der Waals surface area contributed by atoms with E-state index in [0.717, 1.165) is 0 Å². The van der Waals surface area contributed by atoms with E-state index in [4.69, 9.17) is 28.1 Å². The number of amides is 1. The molecule has 1 aromatic heterocycles. The minimum atomic E-state index is -0.506. The van der Waals surface area contributed by atoms with Crippen LogP contribution in [0, 0.1) is 0 Å². The molecule has 1 N–H and O–H groups in total. The lowest BCUT2D eigenvalue weighted by molar-refractivity contribution is 0.0923. The normalized spacial score (nSPS) is 12.1. The van der Waals surface area contributed by atoms with E-state index in [1.807, 2.05) is 0 Å². The van der Waals surface area contributed by atoms with E-state index in [0.29, 0.717) is 44.5 Å². The lowest BCUT2D eigenvalue weighted by Crippen LogP contribution is -2.17. The summed E-state index contributed by atoms with van der Waals surface area (Å²) in [6.45, 7) is 0.337. The van der Waals surface area contributed by atoms with Crippen molar-refractivity contribution in [3.05, 3.63) is 64.0 Å². The molecule has 1 amide bonds. The Balaban J connectivity index is 1.36. The highest BCUT2D eigenvalue weighted by Gasteiger charge is 2.15. The lowest BCUT2D eigenvalue weighted by atomic mass is 10.2. The Morgan fingerprint density at radius 1 is 1.09 bits per heavy atom. The van der Waals surface area contributed by atoms with E-state index in [1.54, 1.807) is 56.7 Å². The maximum absolute atomic E-state index is 12.4. The molecule has 0 saturated heterocycles. The summed E-state index contributed by atoms with van der Waals surface area (Å²) in [5, 5.41) is 3.99. The third kappa shape index (κ3) is 4.65. The van der Waals surface area contributed by atoms with Gasteiger partial charge in [-0.25, -0.2) is 5.43 Å². The molecule has 32 heavy (non-hydrogen) atoms. The molecular weight excluding hydrogens is 484 g/mol. The monoisotopic (exact) mass is 502 g/mol. The summed E-state index contributed by atoms with van der Waals surface area (Å²) < 4.78 is 33.1. The van der Waals surface area contributed by atoms with Gasteiger partial charge in [-0.05, 0) is 52.3 Å². The van der Waals surface area contributed by atoms with E-state index in [9.17, 15) is 4.79 Å². The van der Waals surface area contributed by atoms with Gasteiger partial charge in [-0.15, -0.1) is 0 Å². The largest absolute Gasteiger partial charge is 0.496 e. The number of nitrogens with zero attached hydrogens (tertiary/aromatic N) is 1. The van der Waals surface area contributed by atoms with E-state index >= 15 is 0 Å². The molecule has 0 aliphatic carbocycles. The molecule has 3 aromatic rings. The number of hydrogen-bond acceptors (Lipinski definition) is 8. The Labute approximate surface area is 192 Å².